The van der Waals surface area contributed by atoms with Gasteiger partial charge in [-0.2, -0.15) is 0 Å². The van der Waals surface area contributed by atoms with E-state index in [2.05, 4.69) is 30.1 Å². The van der Waals surface area contributed by atoms with Crippen LogP contribution in [0.15, 0.2) is 18.2 Å². The van der Waals surface area contributed by atoms with Crippen molar-refractivity contribution in [3.8, 4) is 11.5 Å². The molecular formula is C16H28N2O2. The summed E-state index contributed by atoms with van der Waals surface area (Å²) in [7, 11) is 4.08. The molecule has 1 rings (SSSR count). The van der Waals surface area contributed by atoms with Gasteiger partial charge in [0.05, 0.1) is 6.61 Å². The van der Waals surface area contributed by atoms with Gasteiger partial charge in [0, 0.05) is 24.7 Å². The van der Waals surface area contributed by atoms with Crippen LogP contribution < -0.4 is 14.8 Å². The van der Waals surface area contributed by atoms with Crippen LogP contribution in [-0.4, -0.2) is 44.8 Å². The van der Waals surface area contributed by atoms with Crippen LogP contribution in [0.5, 0.6) is 11.5 Å². The van der Waals surface area contributed by atoms with Gasteiger partial charge in [-0.3, -0.25) is 0 Å². The predicted molar refractivity (Wildman–Crippen MR) is 83.6 cm³/mol. The summed E-state index contributed by atoms with van der Waals surface area (Å²) >= 11 is 0. The first-order chi connectivity index (χ1) is 9.54. The lowest BCUT2D eigenvalue weighted by Gasteiger charge is -2.18. The number of nitrogens with one attached hydrogen (secondary N) is 1. The first-order valence-corrected chi connectivity index (χ1v) is 7.30. The lowest BCUT2D eigenvalue weighted by atomic mass is 10.1. The van der Waals surface area contributed by atoms with Gasteiger partial charge in [-0.05, 0) is 27.1 Å². The van der Waals surface area contributed by atoms with E-state index in [1.54, 1.807) is 0 Å². The molecule has 0 aliphatic carbocycles. The Kier molecular flexibility index (Phi) is 7.41. The number of para-hydroxylation sites is 1. The van der Waals surface area contributed by atoms with Crippen LogP contribution in [0.3, 0.4) is 0 Å². The molecule has 0 spiro atoms. The first-order valence-electron chi connectivity index (χ1n) is 7.30. The van der Waals surface area contributed by atoms with Crippen molar-refractivity contribution in [3.05, 3.63) is 23.8 Å². The van der Waals surface area contributed by atoms with Crippen LogP contribution in [0, 0.1) is 0 Å². The van der Waals surface area contributed by atoms with Crippen LogP contribution in [0.25, 0.3) is 0 Å². The summed E-state index contributed by atoms with van der Waals surface area (Å²) in [5.41, 5.74) is 1.14. The topological polar surface area (TPSA) is 33.7 Å². The van der Waals surface area contributed by atoms with Crippen molar-refractivity contribution in [3.63, 3.8) is 0 Å². The normalized spacial score (nSPS) is 11.2. The summed E-state index contributed by atoms with van der Waals surface area (Å²) < 4.78 is 11.6. The minimum atomic E-state index is 0.445. The average Bonchev–Trinajstić information content (AvgIpc) is 2.38. The van der Waals surface area contributed by atoms with E-state index in [-0.39, 0.29) is 0 Å². The highest BCUT2D eigenvalue weighted by atomic mass is 16.5. The minimum Gasteiger partial charge on any atom is -0.490 e. The Morgan fingerprint density at radius 2 is 1.95 bits per heavy atom. The number of ether oxygens (including phenoxy) is 2. The SMILES string of the molecule is CCOc1cccc(CNC(C)C)c1OCCN(C)C. The van der Waals surface area contributed by atoms with Gasteiger partial charge in [0.2, 0.25) is 0 Å². The highest BCUT2D eigenvalue weighted by molar-refractivity contribution is 5.46. The fourth-order valence-electron chi connectivity index (χ4n) is 1.78. The minimum absolute atomic E-state index is 0.445. The number of nitrogens with zero attached hydrogens (tertiary/aromatic N) is 1. The third-order valence-corrected chi connectivity index (χ3v) is 2.85. The monoisotopic (exact) mass is 280 g/mol. The molecule has 4 heteroatoms. The van der Waals surface area contributed by atoms with Crippen molar-refractivity contribution in [1.82, 2.24) is 10.2 Å². The summed E-state index contributed by atoms with van der Waals surface area (Å²) in [5, 5.41) is 3.42. The number of benzene rings is 1. The molecule has 0 fully saturated rings. The molecule has 114 valence electrons. The Morgan fingerprint density at radius 1 is 1.20 bits per heavy atom. The van der Waals surface area contributed by atoms with Crippen LogP contribution in [0.2, 0.25) is 0 Å². The zero-order chi connectivity index (χ0) is 15.0. The Bertz CT molecular complexity index is 392. The second-order valence-corrected chi connectivity index (χ2v) is 5.36. The van der Waals surface area contributed by atoms with E-state index < -0.39 is 0 Å². The maximum absolute atomic E-state index is 5.96. The molecule has 1 aromatic carbocycles. The Hall–Kier alpha value is -1.26. The van der Waals surface area contributed by atoms with E-state index in [0.717, 1.165) is 30.2 Å². The van der Waals surface area contributed by atoms with E-state index in [1.807, 2.05) is 33.2 Å². The van der Waals surface area contributed by atoms with Gasteiger partial charge in [0.15, 0.2) is 11.5 Å². The third kappa shape index (κ3) is 5.80. The summed E-state index contributed by atoms with van der Waals surface area (Å²) in [6.45, 7) is 9.24. The number of hydrogen-bond donors (Lipinski definition) is 1. The number of hydrogen-bond acceptors (Lipinski definition) is 4. The molecule has 0 amide bonds. The highest BCUT2D eigenvalue weighted by Gasteiger charge is 2.11. The molecular weight excluding hydrogens is 252 g/mol. The fourth-order valence-corrected chi connectivity index (χ4v) is 1.78. The van der Waals surface area contributed by atoms with E-state index in [0.29, 0.717) is 19.3 Å². The van der Waals surface area contributed by atoms with Crippen LogP contribution in [0.1, 0.15) is 26.3 Å². The fraction of sp³-hybridized carbons (Fsp3) is 0.625. The number of rotatable bonds is 9. The van der Waals surface area contributed by atoms with Crippen LogP contribution in [0.4, 0.5) is 0 Å². The van der Waals surface area contributed by atoms with Gasteiger partial charge in [-0.15, -0.1) is 0 Å². The van der Waals surface area contributed by atoms with E-state index >= 15 is 0 Å². The molecule has 1 aromatic rings. The smallest absolute Gasteiger partial charge is 0.165 e. The Morgan fingerprint density at radius 3 is 2.55 bits per heavy atom. The zero-order valence-corrected chi connectivity index (χ0v) is 13.4. The third-order valence-electron chi connectivity index (χ3n) is 2.85. The molecule has 0 radical (unpaired) electrons. The van der Waals surface area contributed by atoms with Gasteiger partial charge in [-0.1, -0.05) is 26.0 Å². The molecule has 0 aromatic heterocycles. The van der Waals surface area contributed by atoms with Gasteiger partial charge >= 0.3 is 0 Å². The quantitative estimate of drug-likeness (QED) is 0.753. The van der Waals surface area contributed by atoms with Crippen LogP contribution >= 0.6 is 0 Å². The van der Waals surface area contributed by atoms with Gasteiger partial charge in [0.25, 0.3) is 0 Å². The summed E-state index contributed by atoms with van der Waals surface area (Å²) in [6.07, 6.45) is 0. The molecule has 1 N–H and O–H groups in total. The van der Waals surface area contributed by atoms with E-state index in [4.69, 9.17) is 9.47 Å². The molecule has 0 saturated carbocycles. The van der Waals surface area contributed by atoms with Crippen LogP contribution in [-0.2, 0) is 6.54 Å². The lowest BCUT2D eigenvalue weighted by molar-refractivity contribution is 0.241. The predicted octanol–water partition coefficient (Wildman–Crippen LogP) is 2.52. The summed E-state index contributed by atoms with van der Waals surface area (Å²) in [6, 6.07) is 6.51. The standard InChI is InChI=1S/C16H28N2O2/c1-6-19-15-9-7-8-14(12-17-13(2)3)16(15)20-11-10-18(4)5/h7-9,13,17H,6,10-12H2,1-5H3. The second kappa shape index (κ2) is 8.82. The van der Waals surface area contributed by atoms with Crippen molar-refractivity contribution < 1.29 is 9.47 Å². The molecule has 0 aliphatic heterocycles. The van der Waals surface area contributed by atoms with Gasteiger partial charge < -0.3 is 19.7 Å². The van der Waals surface area contributed by atoms with E-state index in [9.17, 15) is 0 Å². The lowest BCUT2D eigenvalue weighted by Crippen LogP contribution is -2.23. The second-order valence-electron chi connectivity index (χ2n) is 5.36. The zero-order valence-electron chi connectivity index (χ0n) is 13.4. The highest BCUT2D eigenvalue weighted by Crippen LogP contribution is 2.31. The van der Waals surface area contributed by atoms with Gasteiger partial charge in [-0.25, -0.2) is 0 Å². The maximum Gasteiger partial charge on any atom is 0.165 e. The maximum atomic E-state index is 5.96. The Balaban J connectivity index is 2.81. The molecule has 0 heterocycles. The average molecular weight is 280 g/mol. The molecule has 0 saturated heterocycles. The summed E-state index contributed by atoms with van der Waals surface area (Å²) in [4.78, 5) is 2.11. The van der Waals surface area contributed by atoms with Crippen molar-refractivity contribution in [2.75, 3.05) is 33.9 Å². The molecule has 0 atom stereocenters. The Labute approximate surface area is 123 Å². The molecule has 0 aliphatic rings. The molecule has 20 heavy (non-hydrogen) atoms. The van der Waals surface area contributed by atoms with Gasteiger partial charge in [0.1, 0.15) is 6.61 Å². The first kappa shape index (κ1) is 16.8. The largest absolute Gasteiger partial charge is 0.490 e. The molecule has 0 unspecified atom stereocenters. The molecule has 4 nitrogen and oxygen atoms in total. The summed E-state index contributed by atoms with van der Waals surface area (Å²) in [5.74, 6) is 1.69. The van der Waals surface area contributed by atoms with E-state index in [1.165, 1.54) is 0 Å². The van der Waals surface area contributed by atoms with Crippen molar-refractivity contribution in [2.45, 2.75) is 33.4 Å². The molecule has 0 bridgehead atoms. The van der Waals surface area contributed by atoms with Crippen molar-refractivity contribution in [1.29, 1.82) is 0 Å². The van der Waals surface area contributed by atoms with Crippen molar-refractivity contribution in [2.24, 2.45) is 0 Å². The van der Waals surface area contributed by atoms with Crippen molar-refractivity contribution >= 4 is 0 Å². The number of likely N-dealkylation sites (N-methyl/N-ethyl adjacent to an activating group) is 1.